The largest absolute Gasteiger partial charge is 0.394 e. The molecular formula is C22H25FN4O4S. The van der Waals surface area contributed by atoms with Crippen LogP contribution in [0.2, 0.25) is 0 Å². The molecular weight excluding hydrogens is 435 g/mol. The molecule has 0 spiro atoms. The molecule has 1 aromatic heterocycles. The second-order valence-electron chi connectivity index (χ2n) is 7.76. The van der Waals surface area contributed by atoms with Crippen molar-refractivity contribution in [2.75, 3.05) is 6.61 Å². The van der Waals surface area contributed by atoms with Crippen LogP contribution in [0.3, 0.4) is 0 Å². The first-order chi connectivity index (χ1) is 15.4. The maximum Gasteiger partial charge on any atom is 0.240 e. The SMILES string of the molecule is O=S(=O)(N[C@@H]1CC[C@H](CCn2cc(-c3cccc(F)c3)nn2)O[C@@H]1CO)c1ccccc1. The topological polar surface area (TPSA) is 106 Å². The zero-order valence-corrected chi connectivity index (χ0v) is 18.2. The number of sulfonamides is 1. The van der Waals surface area contributed by atoms with Crippen LogP contribution in [0.1, 0.15) is 19.3 Å². The molecule has 0 bridgehead atoms. The maximum absolute atomic E-state index is 13.4. The number of nitrogens with zero attached hydrogens (tertiary/aromatic N) is 3. The molecule has 0 aliphatic carbocycles. The average Bonchev–Trinajstić information content (AvgIpc) is 3.28. The highest BCUT2D eigenvalue weighted by Gasteiger charge is 2.33. The summed E-state index contributed by atoms with van der Waals surface area (Å²) in [5, 5.41) is 17.9. The molecule has 1 aliphatic rings. The van der Waals surface area contributed by atoms with Crippen LogP contribution < -0.4 is 4.72 Å². The van der Waals surface area contributed by atoms with Gasteiger partial charge in [0.1, 0.15) is 11.5 Å². The Balaban J connectivity index is 1.33. The molecule has 3 atom stereocenters. The number of halogens is 1. The molecule has 170 valence electrons. The number of nitrogens with one attached hydrogen (secondary N) is 1. The Kier molecular flexibility index (Phi) is 6.95. The van der Waals surface area contributed by atoms with Gasteiger partial charge in [-0.2, -0.15) is 0 Å². The summed E-state index contributed by atoms with van der Waals surface area (Å²) in [4.78, 5) is 0.180. The number of hydrogen-bond donors (Lipinski definition) is 2. The number of rotatable bonds is 8. The molecule has 3 aromatic rings. The van der Waals surface area contributed by atoms with Gasteiger partial charge in [0.05, 0.1) is 35.9 Å². The van der Waals surface area contributed by atoms with Crippen LogP contribution in [0.4, 0.5) is 4.39 Å². The van der Waals surface area contributed by atoms with Gasteiger partial charge >= 0.3 is 0 Å². The van der Waals surface area contributed by atoms with Crippen molar-refractivity contribution < 1.29 is 22.7 Å². The molecule has 0 radical (unpaired) electrons. The summed E-state index contributed by atoms with van der Waals surface area (Å²) in [6.07, 6.45) is 2.79. The number of aryl methyl sites for hydroxylation is 1. The lowest BCUT2D eigenvalue weighted by Gasteiger charge is -2.36. The van der Waals surface area contributed by atoms with E-state index in [2.05, 4.69) is 15.0 Å². The molecule has 4 rings (SSSR count). The average molecular weight is 461 g/mol. The van der Waals surface area contributed by atoms with E-state index in [1.54, 1.807) is 41.2 Å². The minimum atomic E-state index is -3.69. The van der Waals surface area contributed by atoms with Crippen LogP contribution in [-0.4, -0.2) is 53.4 Å². The summed E-state index contributed by atoms with van der Waals surface area (Å²) in [6.45, 7) is 0.247. The lowest BCUT2D eigenvalue weighted by atomic mass is 9.98. The van der Waals surface area contributed by atoms with Gasteiger partial charge in [-0.3, -0.25) is 4.68 Å². The van der Waals surface area contributed by atoms with Gasteiger partial charge in [-0.05, 0) is 43.5 Å². The molecule has 32 heavy (non-hydrogen) atoms. The number of aliphatic hydroxyl groups excluding tert-OH is 1. The van der Waals surface area contributed by atoms with Crippen LogP contribution in [0.25, 0.3) is 11.3 Å². The van der Waals surface area contributed by atoms with Gasteiger partial charge < -0.3 is 9.84 Å². The van der Waals surface area contributed by atoms with E-state index in [4.69, 9.17) is 4.74 Å². The summed E-state index contributed by atoms with van der Waals surface area (Å²) >= 11 is 0. The van der Waals surface area contributed by atoms with Crippen LogP contribution in [0.5, 0.6) is 0 Å². The van der Waals surface area contributed by atoms with Crippen molar-refractivity contribution in [3.05, 3.63) is 66.6 Å². The summed E-state index contributed by atoms with van der Waals surface area (Å²) in [6, 6.07) is 13.8. The molecule has 0 amide bonds. The van der Waals surface area contributed by atoms with E-state index in [0.717, 1.165) is 0 Å². The van der Waals surface area contributed by atoms with Crippen molar-refractivity contribution in [2.24, 2.45) is 0 Å². The van der Waals surface area contributed by atoms with Gasteiger partial charge in [0.2, 0.25) is 10.0 Å². The fourth-order valence-corrected chi connectivity index (χ4v) is 5.13. The van der Waals surface area contributed by atoms with E-state index in [1.807, 2.05) is 0 Å². The Morgan fingerprint density at radius 3 is 2.72 bits per heavy atom. The molecule has 10 heteroatoms. The normalized spacial score (nSPS) is 21.5. The maximum atomic E-state index is 13.4. The molecule has 1 fully saturated rings. The van der Waals surface area contributed by atoms with E-state index < -0.39 is 22.2 Å². The van der Waals surface area contributed by atoms with E-state index in [0.29, 0.717) is 37.1 Å². The number of benzene rings is 2. The van der Waals surface area contributed by atoms with Crippen molar-refractivity contribution in [3.8, 4) is 11.3 Å². The molecule has 8 nitrogen and oxygen atoms in total. The molecule has 1 saturated heterocycles. The summed E-state index contributed by atoms with van der Waals surface area (Å²) in [5.41, 5.74) is 1.23. The third-order valence-corrected chi connectivity index (χ3v) is 7.00. The fourth-order valence-electron chi connectivity index (χ4n) is 3.81. The highest BCUT2D eigenvalue weighted by atomic mass is 32.2. The Hall–Kier alpha value is -2.66. The molecule has 2 N–H and O–H groups in total. The first kappa shape index (κ1) is 22.5. The van der Waals surface area contributed by atoms with Gasteiger partial charge in [-0.25, -0.2) is 17.5 Å². The lowest BCUT2D eigenvalue weighted by molar-refractivity contribution is -0.0891. The Bertz CT molecular complexity index is 1140. The second-order valence-corrected chi connectivity index (χ2v) is 9.48. The first-order valence-corrected chi connectivity index (χ1v) is 11.9. The van der Waals surface area contributed by atoms with Crippen molar-refractivity contribution in [2.45, 2.75) is 49.0 Å². The van der Waals surface area contributed by atoms with E-state index in [-0.39, 0.29) is 23.4 Å². The zero-order valence-electron chi connectivity index (χ0n) is 17.3. The van der Waals surface area contributed by atoms with Crippen LogP contribution in [0.15, 0.2) is 65.7 Å². The summed E-state index contributed by atoms with van der Waals surface area (Å²) in [5.74, 6) is -0.333. The van der Waals surface area contributed by atoms with Crippen molar-refractivity contribution >= 4 is 10.0 Å². The third kappa shape index (κ3) is 5.39. The molecule has 2 aromatic carbocycles. The molecule has 0 unspecified atom stereocenters. The number of hydrogen-bond acceptors (Lipinski definition) is 6. The van der Waals surface area contributed by atoms with Crippen molar-refractivity contribution in [1.29, 1.82) is 0 Å². The number of ether oxygens (including phenoxy) is 1. The van der Waals surface area contributed by atoms with Gasteiger partial charge in [0.15, 0.2) is 0 Å². The fraction of sp³-hybridized carbons (Fsp3) is 0.364. The summed E-state index contributed by atoms with van der Waals surface area (Å²) in [7, 11) is -3.69. The Morgan fingerprint density at radius 1 is 1.16 bits per heavy atom. The van der Waals surface area contributed by atoms with Gasteiger partial charge in [0, 0.05) is 12.1 Å². The minimum absolute atomic E-state index is 0.147. The minimum Gasteiger partial charge on any atom is -0.394 e. The summed E-state index contributed by atoms with van der Waals surface area (Å²) < 4.78 is 48.9. The van der Waals surface area contributed by atoms with Crippen molar-refractivity contribution in [3.63, 3.8) is 0 Å². The Morgan fingerprint density at radius 2 is 1.97 bits per heavy atom. The van der Waals surface area contributed by atoms with Gasteiger partial charge in [-0.15, -0.1) is 5.10 Å². The highest BCUT2D eigenvalue weighted by Crippen LogP contribution is 2.24. The van der Waals surface area contributed by atoms with E-state index >= 15 is 0 Å². The zero-order chi connectivity index (χ0) is 22.6. The van der Waals surface area contributed by atoms with Gasteiger partial charge in [0.25, 0.3) is 0 Å². The lowest BCUT2D eigenvalue weighted by Crippen LogP contribution is -2.50. The smallest absolute Gasteiger partial charge is 0.240 e. The monoisotopic (exact) mass is 460 g/mol. The third-order valence-electron chi connectivity index (χ3n) is 5.49. The van der Waals surface area contributed by atoms with Crippen LogP contribution >= 0.6 is 0 Å². The Labute approximate surface area is 186 Å². The first-order valence-electron chi connectivity index (χ1n) is 10.4. The van der Waals surface area contributed by atoms with Crippen molar-refractivity contribution in [1.82, 2.24) is 19.7 Å². The predicted octanol–water partition coefficient (Wildman–Crippen LogP) is 2.36. The standard InChI is InChI=1S/C22H25FN4O4S/c23-17-6-4-5-16(13-17)21-14-27(26-24-21)12-11-18-9-10-20(22(15-28)31-18)25-32(29,30)19-7-2-1-3-8-19/h1-8,13-14,18,20,22,25,28H,9-12,15H2/t18-,20-,22-/m1/s1. The number of aromatic nitrogens is 3. The number of aliphatic hydroxyl groups is 1. The predicted molar refractivity (Wildman–Crippen MR) is 116 cm³/mol. The molecule has 2 heterocycles. The highest BCUT2D eigenvalue weighted by molar-refractivity contribution is 7.89. The molecule has 0 saturated carbocycles. The second kappa shape index (κ2) is 9.86. The van der Waals surface area contributed by atoms with Crippen LogP contribution in [0, 0.1) is 5.82 Å². The van der Waals surface area contributed by atoms with Gasteiger partial charge in [-0.1, -0.05) is 35.5 Å². The molecule has 1 aliphatic heterocycles. The quantitative estimate of drug-likeness (QED) is 0.535. The van der Waals surface area contributed by atoms with E-state index in [9.17, 15) is 17.9 Å². The van der Waals surface area contributed by atoms with E-state index in [1.165, 1.54) is 24.3 Å². The van der Waals surface area contributed by atoms with Crippen LogP contribution in [-0.2, 0) is 21.3 Å².